The third kappa shape index (κ3) is 2.48. The highest BCUT2D eigenvalue weighted by atomic mass is 28.2. The summed E-state index contributed by atoms with van der Waals surface area (Å²) in [6.07, 6.45) is 0. The van der Waals surface area contributed by atoms with Crippen LogP contribution in [0, 0.1) is 0 Å². The molecule has 0 nitrogen and oxygen atoms in total. The Morgan fingerprint density at radius 1 is 0.429 bits per heavy atom. The second-order valence-corrected chi connectivity index (χ2v) is 6.65. The highest BCUT2D eigenvalue weighted by Crippen LogP contribution is 2.12. The third-order valence-corrected chi connectivity index (χ3v) is 4.99. The molecule has 2 radical (unpaired) electrons. The zero-order valence-corrected chi connectivity index (χ0v) is 12.6. The first-order valence-corrected chi connectivity index (χ1v) is 8.13. The minimum atomic E-state index is 0.703. The topological polar surface area (TPSA) is 0 Å². The lowest BCUT2D eigenvalue weighted by molar-refractivity contribution is 1.77. The predicted octanol–water partition coefficient (Wildman–Crippen LogP) is 3.65. The fourth-order valence-electron chi connectivity index (χ4n) is 2.70. The van der Waals surface area contributed by atoms with Crippen LogP contribution in [0.1, 0.15) is 0 Å². The van der Waals surface area contributed by atoms with Gasteiger partial charge in [0.15, 0.2) is 0 Å². The molecule has 0 aliphatic heterocycles. The monoisotopic (exact) mass is 282 g/mol. The number of rotatable bonds is 2. The molecule has 0 saturated heterocycles. The molecule has 4 aromatic rings. The lowest BCUT2D eigenvalue weighted by Crippen LogP contribution is -2.26. The van der Waals surface area contributed by atoms with Crippen LogP contribution in [0.2, 0.25) is 0 Å². The van der Waals surface area contributed by atoms with Gasteiger partial charge >= 0.3 is 0 Å². The van der Waals surface area contributed by atoms with E-state index in [0.29, 0.717) is 9.52 Å². The lowest BCUT2D eigenvalue weighted by atomic mass is 10.1. The molecule has 0 aliphatic carbocycles. The van der Waals surface area contributed by atoms with Crippen LogP contribution in [0.3, 0.4) is 0 Å². The van der Waals surface area contributed by atoms with Crippen LogP contribution in [0.15, 0.2) is 84.9 Å². The molecule has 0 atom stereocenters. The van der Waals surface area contributed by atoms with Crippen molar-refractivity contribution in [1.29, 1.82) is 0 Å². The van der Waals surface area contributed by atoms with Crippen LogP contribution in [0.4, 0.5) is 0 Å². The van der Waals surface area contributed by atoms with E-state index in [-0.39, 0.29) is 0 Å². The largest absolute Gasteiger partial charge is 0.121 e. The molecule has 21 heavy (non-hydrogen) atoms. The molecule has 0 aromatic heterocycles. The van der Waals surface area contributed by atoms with E-state index in [1.807, 2.05) is 0 Å². The highest BCUT2D eigenvalue weighted by Gasteiger charge is 2.01. The molecule has 0 N–H and O–H groups in total. The highest BCUT2D eigenvalue weighted by molar-refractivity contribution is 6.67. The summed E-state index contributed by atoms with van der Waals surface area (Å²) < 4.78 is 0. The average Bonchev–Trinajstić information content (AvgIpc) is 2.55. The van der Waals surface area contributed by atoms with Gasteiger partial charge < -0.3 is 0 Å². The maximum atomic E-state index is 2.31. The second-order valence-electron chi connectivity index (χ2n) is 5.25. The number of benzene rings is 4. The normalized spacial score (nSPS) is 11.0. The number of fused-ring (bicyclic) bond motifs is 2. The summed E-state index contributed by atoms with van der Waals surface area (Å²) in [6, 6.07) is 30.6. The summed E-state index contributed by atoms with van der Waals surface area (Å²) in [4.78, 5) is 0. The van der Waals surface area contributed by atoms with Crippen molar-refractivity contribution < 1.29 is 0 Å². The van der Waals surface area contributed by atoms with Crippen molar-refractivity contribution in [2.75, 3.05) is 0 Å². The fourth-order valence-corrected chi connectivity index (χ4v) is 3.82. The van der Waals surface area contributed by atoms with E-state index in [0.717, 1.165) is 0 Å². The van der Waals surface area contributed by atoms with Crippen LogP contribution < -0.4 is 10.4 Å². The first kappa shape index (κ1) is 12.4. The molecular weight excluding hydrogens is 268 g/mol. The summed E-state index contributed by atoms with van der Waals surface area (Å²) in [5, 5.41) is 8.05. The fraction of sp³-hybridized carbons (Fsp3) is 0. The van der Waals surface area contributed by atoms with Gasteiger partial charge in [0.1, 0.15) is 9.52 Å². The van der Waals surface area contributed by atoms with Crippen molar-refractivity contribution in [2.45, 2.75) is 0 Å². The van der Waals surface area contributed by atoms with Gasteiger partial charge in [-0.3, -0.25) is 0 Å². The van der Waals surface area contributed by atoms with Crippen molar-refractivity contribution in [3.63, 3.8) is 0 Å². The minimum absolute atomic E-state index is 0.703. The van der Waals surface area contributed by atoms with E-state index in [2.05, 4.69) is 84.9 Å². The minimum Gasteiger partial charge on any atom is -0.0625 e. The molecular formula is C20H14Si. The van der Waals surface area contributed by atoms with Crippen molar-refractivity contribution in [3.8, 4) is 0 Å². The molecule has 98 valence electrons. The van der Waals surface area contributed by atoms with Gasteiger partial charge in [0.25, 0.3) is 0 Å². The first-order chi connectivity index (χ1) is 10.4. The first-order valence-electron chi connectivity index (χ1n) is 7.13. The third-order valence-electron chi connectivity index (χ3n) is 3.79. The Morgan fingerprint density at radius 3 is 1.33 bits per heavy atom. The average molecular weight is 282 g/mol. The van der Waals surface area contributed by atoms with Gasteiger partial charge in [-0.25, -0.2) is 0 Å². The maximum Gasteiger partial charge on any atom is 0.121 e. The standard InChI is InChI=1S/C20H14Si/c1-3-7-17-13-19(11-9-15(17)5-1)21-20-12-10-16-6-2-4-8-18(16)14-20/h1-14H. The second kappa shape index (κ2) is 5.19. The van der Waals surface area contributed by atoms with E-state index in [4.69, 9.17) is 0 Å². The maximum absolute atomic E-state index is 2.31. The molecule has 0 fully saturated rings. The van der Waals surface area contributed by atoms with Crippen molar-refractivity contribution in [1.82, 2.24) is 0 Å². The molecule has 0 spiro atoms. The Kier molecular flexibility index (Phi) is 3.06. The van der Waals surface area contributed by atoms with Gasteiger partial charge in [-0.15, -0.1) is 0 Å². The summed E-state index contributed by atoms with van der Waals surface area (Å²) in [5.41, 5.74) is 0. The van der Waals surface area contributed by atoms with Gasteiger partial charge in [-0.05, 0) is 21.5 Å². The van der Waals surface area contributed by atoms with E-state index in [1.54, 1.807) is 0 Å². The van der Waals surface area contributed by atoms with Gasteiger partial charge in [-0.2, -0.15) is 0 Å². The molecule has 0 saturated carbocycles. The number of hydrogen-bond acceptors (Lipinski definition) is 0. The van der Waals surface area contributed by atoms with E-state index in [1.165, 1.54) is 31.9 Å². The SMILES string of the molecule is c1ccc2cc([Si]c3ccc4ccccc4c3)ccc2c1. The molecule has 4 rings (SSSR count). The Balaban J connectivity index is 1.71. The van der Waals surface area contributed by atoms with Crippen LogP contribution in [-0.2, 0) is 0 Å². The zero-order chi connectivity index (χ0) is 14.1. The van der Waals surface area contributed by atoms with Crippen molar-refractivity contribution in [3.05, 3.63) is 84.9 Å². The molecule has 4 aromatic carbocycles. The quantitative estimate of drug-likeness (QED) is 0.492. The lowest BCUT2D eigenvalue weighted by Gasteiger charge is -2.05. The van der Waals surface area contributed by atoms with Gasteiger partial charge in [-0.1, -0.05) is 95.3 Å². The van der Waals surface area contributed by atoms with Crippen molar-refractivity contribution in [2.24, 2.45) is 0 Å². The van der Waals surface area contributed by atoms with Crippen LogP contribution in [-0.4, -0.2) is 9.52 Å². The van der Waals surface area contributed by atoms with Gasteiger partial charge in [0.2, 0.25) is 0 Å². The zero-order valence-electron chi connectivity index (χ0n) is 11.6. The van der Waals surface area contributed by atoms with Gasteiger partial charge in [0, 0.05) is 0 Å². The van der Waals surface area contributed by atoms with Crippen LogP contribution >= 0.6 is 0 Å². The summed E-state index contributed by atoms with van der Waals surface area (Å²) in [6.45, 7) is 0. The summed E-state index contributed by atoms with van der Waals surface area (Å²) in [5.74, 6) is 0. The summed E-state index contributed by atoms with van der Waals surface area (Å²) >= 11 is 0. The summed E-state index contributed by atoms with van der Waals surface area (Å²) in [7, 11) is 0.703. The Hall–Kier alpha value is -2.38. The van der Waals surface area contributed by atoms with Crippen molar-refractivity contribution >= 4 is 41.4 Å². The van der Waals surface area contributed by atoms with Gasteiger partial charge in [0.05, 0.1) is 0 Å². The molecule has 0 bridgehead atoms. The molecule has 0 unspecified atom stereocenters. The Labute approximate surface area is 126 Å². The van der Waals surface area contributed by atoms with Crippen LogP contribution in [0.5, 0.6) is 0 Å². The molecule has 1 heteroatoms. The molecule has 0 heterocycles. The smallest absolute Gasteiger partial charge is 0.0625 e. The van der Waals surface area contributed by atoms with E-state index >= 15 is 0 Å². The number of hydrogen-bond donors (Lipinski definition) is 0. The predicted molar refractivity (Wildman–Crippen MR) is 92.9 cm³/mol. The van der Waals surface area contributed by atoms with Crippen LogP contribution in [0.25, 0.3) is 21.5 Å². The molecule has 0 amide bonds. The Bertz CT molecular complexity index is 847. The molecule has 0 aliphatic rings. The van der Waals surface area contributed by atoms with E-state index < -0.39 is 0 Å². The van der Waals surface area contributed by atoms with E-state index in [9.17, 15) is 0 Å². The Morgan fingerprint density at radius 2 is 0.857 bits per heavy atom.